The van der Waals surface area contributed by atoms with E-state index in [1.165, 1.54) is 0 Å². The summed E-state index contributed by atoms with van der Waals surface area (Å²) >= 11 is 0. The third-order valence-electron chi connectivity index (χ3n) is 1.65. The minimum atomic E-state index is 0.441. The van der Waals surface area contributed by atoms with Gasteiger partial charge in [-0.05, 0) is 13.0 Å². The van der Waals surface area contributed by atoms with Crippen molar-refractivity contribution in [2.24, 2.45) is 0 Å². The van der Waals surface area contributed by atoms with Crippen LogP contribution in [0.25, 0.3) is 0 Å². The van der Waals surface area contributed by atoms with Crippen LogP contribution in [0.5, 0.6) is 11.8 Å². The number of aromatic amines is 1. The summed E-state index contributed by atoms with van der Waals surface area (Å²) in [5.41, 5.74) is 7.12. The smallest absolute Gasteiger partial charge is 0.240 e. The van der Waals surface area contributed by atoms with E-state index in [1.807, 2.05) is 6.92 Å². The number of aryl methyl sites for hydroxylation is 1. The number of nitrogens with two attached hydrogens (primary N) is 1. The number of rotatable bonds is 2. The van der Waals surface area contributed by atoms with Gasteiger partial charge in [0.05, 0.1) is 0 Å². The molecule has 0 bridgehead atoms. The summed E-state index contributed by atoms with van der Waals surface area (Å²) < 4.78 is 5.35. The van der Waals surface area contributed by atoms with Crippen LogP contribution in [0.4, 0.5) is 5.69 Å². The molecule has 0 saturated heterocycles. The number of nitrogens with one attached hydrogen (secondary N) is 1. The zero-order chi connectivity index (χ0) is 9.97. The molecular weight excluding hydrogens is 180 g/mol. The molecule has 14 heavy (non-hydrogen) atoms. The Labute approximate surface area is 80.9 Å². The van der Waals surface area contributed by atoms with Gasteiger partial charge in [-0.2, -0.15) is 0 Å². The second kappa shape index (κ2) is 3.37. The first-order valence-electron chi connectivity index (χ1n) is 4.15. The fourth-order valence-corrected chi connectivity index (χ4v) is 1.03. The van der Waals surface area contributed by atoms with Gasteiger partial charge in [-0.1, -0.05) is 0 Å². The summed E-state index contributed by atoms with van der Waals surface area (Å²) in [7, 11) is 0. The maximum Gasteiger partial charge on any atom is 0.240 e. The predicted molar refractivity (Wildman–Crippen MR) is 52.0 cm³/mol. The van der Waals surface area contributed by atoms with Crippen molar-refractivity contribution < 1.29 is 4.74 Å². The van der Waals surface area contributed by atoms with Crippen LogP contribution < -0.4 is 10.5 Å². The highest BCUT2D eigenvalue weighted by atomic mass is 16.5. The van der Waals surface area contributed by atoms with Crippen molar-refractivity contribution in [3.63, 3.8) is 0 Å². The summed E-state index contributed by atoms with van der Waals surface area (Å²) in [6.07, 6.45) is 1.59. The second-order valence-electron chi connectivity index (χ2n) is 2.92. The Kier molecular flexibility index (Phi) is 2.06. The molecule has 0 fully saturated rings. The van der Waals surface area contributed by atoms with Gasteiger partial charge in [0.25, 0.3) is 0 Å². The molecule has 0 amide bonds. The molecule has 0 aromatic carbocycles. The summed E-state index contributed by atoms with van der Waals surface area (Å²) in [5.74, 6) is 0.928. The molecule has 0 saturated carbocycles. The molecule has 0 spiro atoms. The molecule has 2 aromatic rings. The van der Waals surface area contributed by atoms with E-state index < -0.39 is 0 Å². The lowest BCUT2D eigenvalue weighted by atomic mass is 10.4. The van der Waals surface area contributed by atoms with E-state index in [1.54, 1.807) is 24.4 Å². The second-order valence-corrected chi connectivity index (χ2v) is 2.92. The predicted octanol–water partition coefficient (Wildman–Crippen LogP) is 1.49. The third-order valence-corrected chi connectivity index (χ3v) is 1.65. The molecule has 2 rings (SSSR count). The molecule has 0 atom stereocenters. The zero-order valence-electron chi connectivity index (χ0n) is 7.69. The lowest BCUT2D eigenvalue weighted by Crippen LogP contribution is -1.90. The first-order valence-corrected chi connectivity index (χ1v) is 4.15. The maximum absolute atomic E-state index is 5.57. The molecule has 2 aromatic heterocycles. The van der Waals surface area contributed by atoms with Crippen LogP contribution in [-0.2, 0) is 0 Å². The Bertz CT molecular complexity index is 438. The number of ether oxygens (including phenoxy) is 1. The Hall–Kier alpha value is -2.04. The number of anilines is 1. The molecule has 0 aliphatic rings. The van der Waals surface area contributed by atoms with Crippen molar-refractivity contribution in [2.75, 3.05) is 5.73 Å². The third kappa shape index (κ3) is 1.82. The van der Waals surface area contributed by atoms with Crippen LogP contribution in [0.15, 0.2) is 24.4 Å². The average molecular weight is 190 g/mol. The van der Waals surface area contributed by atoms with Gasteiger partial charge in [0, 0.05) is 29.7 Å². The number of aromatic nitrogens is 3. The normalized spacial score (nSPS) is 10.1. The molecule has 0 aliphatic carbocycles. The monoisotopic (exact) mass is 190 g/mol. The summed E-state index contributed by atoms with van der Waals surface area (Å²) in [4.78, 5) is 3.99. The van der Waals surface area contributed by atoms with Crippen LogP contribution >= 0.6 is 0 Å². The molecule has 3 N–H and O–H groups in total. The number of H-pyrrole nitrogens is 1. The molecule has 0 unspecified atom stereocenters. The first kappa shape index (κ1) is 8.55. The quantitative estimate of drug-likeness (QED) is 0.752. The number of nitrogen functional groups attached to an aromatic ring is 1. The van der Waals surface area contributed by atoms with E-state index in [4.69, 9.17) is 10.5 Å². The van der Waals surface area contributed by atoms with Gasteiger partial charge in [0.1, 0.15) is 0 Å². The van der Waals surface area contributed by atoms with Crippen molar-refractivity contribution >= 4 is 5.69 Å². The molecule has 72 valence electrons. The van der Waals surface area contributed by atoms with Crippen LogP contribution in [0.3, 0.4) is 0 Å². The van der Waals surface area contributed by atoms with Crippen molar-refractivity contribution in [1.82, 2.24) is 15.2 Å². The van der Waals surface area contributed by atoms with E-state index >= 15 is 0 Å². The Balaban J connectivity index is 2.18. The van der Waals surface area contributed by atoms with Crippen LogP contribution in [0, 0.1) is 6.92 Å². The number of hydrogen-bond donors (Lipinski definition) is 2. The Morgan fingerprint density at radius 2 is 2.21 bits per heavy atom. The molecule has 0 aliphatic heterocycles. The first-order chi connectivity index (χ1) is 6.74. The Morgan fingerprint density at radius 1 is 1.36 bits per heavy atom. The highest BCUT2D eigenvalue weighted by molar-refractivity contribution is 5.40. The van der Waals surface area contributed by atoms with Crippen LogP contribution in [0.1, 0.15) is 5.69 Å². The lowest BCUT2D eigenvalue weighted by Gasteiger charge is -2.00. The van der Waals surface area contributed by atoms with Crippen molar-refractivity contribution in [2.45, 2.75) is 6.92 Å². The molecule has 2 heterocycles. The Morgan fingerprint density at radius 3 is 2.86 bits per heavy atom. The molecule has 5 nitrogen and oxygen atoms in total. The largest absolute Gasteiger partial charge is 0.419 e. The zero-order valence-corrected chi connectivity index (χ0v) is 7.69. The molecule has 0 radical (unpaired) electrons. The van der Waals surface area contributed by atoms with Gasteiger partial charge in [-0.25, -0.2) is 4.98 Å². The van der Waals surface area contributed by atoms with E-state index in [0.29, 0.717) is 17.4 Å². The molecular formula is C9H10N4O. The molecule has 5 heteroatoms. The minimum Gasteiger partial charge on any atom is -0.419 e. The fourth-order valence-electron chi connectivity index (χ4n) is 1.03. The van der Waals surface area contributed by atoms with E-state index in [0.717, 1.165) is 5.69 Å². The van der Waals surface area contributed by atoms with Gasteiger partial charge in [0.2, 0.25) is 11.8 Å². The number of pyridine rings is 1. The van der Waals surface area contributed by atoms with E-state index in [-0.39, 0.29) is 0 Å². The van der Waals surface area contributed by atoms with E-state index in [9.17, 15) is 0 Å². The van der Waals surface area contributed by atoms with Crippen molar-refractivity contribution in [1.29, 1.82) is 0 Å². The highest BCUT2D eigenvalue weighted by Gasteiger charge is 2.01. The van der Waals surface area contributed by atoms with Crippen LogP contribution in [-0.4, -0.2) is 15.2 Å². The van der Waals surface area contributed by atoms with Gasteiger partial charge >= 0.3 is 0 Å². The van der Waals surface area contributed by atoms with Crippen molar-refractivity contribution in [3.05, 3.63) is 30.1 Å². The van der Waals surface area contributed by atoms with Gasteiger partial charge < -0.3 is 10.5 Å². The summed E-state index contributed by atoms with van der Waals surface area (Å²) in [6, 6.07) is 5.12. The van der Waals surface area contributed by atoms with Crippen molar-refractivity contribution in [3.8, 4) is 11.8 Å². The van der Waals surface area contributed by atoms with Crippen LogP contribution in [0.2, 0.25) is 0 Å². The minimum absolute atomic E-state index is 0.441. The van der Waals surface area contributed by atoms with Gasteiger partial charge in [-0.3, -0.25) is 5.10 Å². The van der Waals surface area contributed by atoms with Gasteiger partial charge in [-0.15, -0.1) is 5.10 Å². The average Bonchev–Trinajstić information content (AvgIpc) is 2.51. The fraction of sp³-hybridized carbons (Fsp3) is 0.111. The maximum atomic E-state index is 5.57. The topological polar surface area (TPSA) is 76.8 Å². The SMILES string of the molecule is Cc1cc(Oc2cc(N)ccn2)n[nH]1. The summed E-state index contributed by atoms with van der Waals surface area (Å²) in [5, 5.41) is 6.68. The highest BCUT2D eigenvalue weighted by Crippen LogP contribution is 2.18. The number of nitrogens with zero attached hydrogens (tertiary/aromatic N) is 2. The van der Waals surface area contributed by atoms with Gasteiger partial charge in [0.15, 0.2) is 0 Å². The number of hydrogen-bond acceptors (Lipinski definition) is 4. The lowest BCUT2D eigenvalue weighted by molar-refractivity contribution is 0.444. The standard InChI is InChI=1S/C9H10N4O/c1-6-4-9(13-12-6)14-8-5-7(10)2-3-11-8/h2-5H,1H3,(H2,10,11)(H,12,13). The van der Waals surface area contributed by atoms with E-state index in [2.05, 4.69) is 15.2 Å². The summed E-state index contributed by atoms with van der Waals surface area (Å²) in [6.45, 7) is 1.90.